The Morgan fingerprint density at radius 1 is 1.24 bits per heavy atom. The summed E-state index contributed by atoms with van der Waals surface area (Å²) in [4.78, 5) is 49.4. The van der Waals surface area contributed by atoms with E-state index in [0.717, 1.165) is 18.4 Å². The summed E-state index contributed by atoms with van der Waals surface area (Å²) in [5, 5.41) is 13.9. The lowest BCUT2D eigenvalue weighted by Gasteiger charge is -2.56. The zero-order chi connectivity index (χ0) is 21.2. The lowest BCUT2D eigenvalue weighted by atomic mass is 9.46. The molecule has 4 aliphatic carbocycles. The molecule has 2 N–H and O–H groups in total. The van der Waals surface area contributed by atoms with Crippen LogP contribution in [0.3, 0.4) is 0 Å². The van der Waals surface area contributed by atoms with Gasteiger partial charge in [-0.2, -0.15) is 0 Å². The maximum atomic E-state index is 13.5. The highest BCUT2D eigenvalue weighted by molar-refractivity contribution is 6.02. The minimum absolute atomic E-state index is 0.0252. The number of rotatable bonds is 3. The summed E-state index contributed by atoms with van der Waals surface area (Å²) in [6.45, 7) is 5.04. The Hall–Kier alpha value is -2.08. The molecule has 156 valence electrons. The second kappa shape index (κ2) is 6.46. The first-order valence-corrected chi connectivity index (χ1v) is 10.5. The molecule has 0 radical (unpaired) electrons. The normalized spacial score (nSPS) is 43.2. The molecular formula is C23H29NO5. The zero-order valence-corrected chi connectivity index (χ0v) is 17.3. The Balaban J connectivity index is 1.67. The van der Waals surface area contributed by atoms with E-state index in [1.165, 1.54) is 6.92 Å². The predicted octanol–water partition coefficient (Wildman–Crippen LogP) is 1.91. The van der Waals surface area contributed by atoms with E-state index in [2.05, 4.69) is 5.32 Å². The van der Waals surface area contributed by atoms with E-state index < -0.39 is 22.2 Å². The molecule has 6 heteroatoms. The van der Waals surface area contributed by atoms with Gasteiger partial charge < -0.3 is 10.4 Å². The topological polar surface area (TPSA) is 101 Å². The molecule has 4 aliphatic rings. The minimum Gasteiger partial charge on any atom is -0.381 e. The second-order valence-electron chi connectivity index (χ2n) is 9.77. The average Bonchev–Trinajstić information content (AvgIpc) is 2.91. The van der Waals surface area contributed by atoms with Crippen LogP contribution in [-0.4, -0.2) is 40.5 Å². The third-order valence-corrected chi connectivity index (χ3v) is 8.37. The first-order valence-electron chi connectivity index (χ1n) is 10.5. The number of nitrogens with one attached hydrogen (secondary N) is 1. The Bertz CT molecular complexity index is 872. The average molecular weight is 399 g/mol. The fraction of sp³-hybridized carbons (Fsp3) is 0.652. The van der Waals surface area contributed by atoms with Gasteiger partial charge in [0.25, 0.3) is 0 Å². The molecule has 6 nitrogen and oxygen atoms in total. The van der Waals surface area contributed by atoms with Crippen LogP contribution in [0.25, 0.3) is 0 Å². The van der Waals surface area contributed by atoms with Crippen molar-refractivity contribution >= 4 is 23.3 Å². The largest absolute Gasteiger partial charge is 0.381 e. The van der Waals surface area contributed by atoms with Crippen LogP contribution >= 0.6 is 0 Å². The third kappa shape index (κ3) is 2.71. The molecule has 3 fully saturated rings. The standard InChI is InChI=1S/C23H29NO5/c1-13(25)24-12-19(28)23(29)9-7-17-16-5-4-14-10-15(26)6-8-21(14,2)20(16)18(27)11-22(17,23)3/h6,8,10,16-17,20,29H,4-5,7,9,11-12H2,1-3H3,(H,24,25)/t16-,17-,20+,21-,22-,23-/m0/s1. The lowest BCUT2D eigenvalue weighted by molar-refractivity contribution is -0.166. The van der Waals surface area contributed by atoms with Crippen molar-refractivity contribution in [2.24, 2.45) is 28.6 Å². The maximum Gasteiger partial charge on any atom is 0.217 e. The van der Waals surface area contributed by atoms with Crippen molar-refractivity contribution in [2.75, 3.05) is 6.54 Å². The van der Waals surface area contributed by atoms with Gasteiger partial charge in [0.1, 0.15) is 11.4 Å². The van der Waals surface area contributed by atoms with Gasteiger partial charge >= 0.3 is 0 Å². The van der Waals surface area contributed by atoms with Crippen molar-refractivity contribution in [1.29, 1.82) is 0 Å². The van der Waals surface area contributed by atoms with Gasteiger partial charge in [-0.25, -0.2) is 0 Å². The summed E-state index contributed by atoms with van der Waals surface area (Å²) >= 11 is 0. The number of hydrogen-bond acceptors (Lipinski definition) is 5. The van der Waals surface area contributed by atoms with Crippen LogP contribution < -0.4 is 5.32 Å². The van der Waals surface area contributed by atoms with Crippen molar-refractivity contribution < 1.29 is 24.3 Å². The van der Waals surface area contributed by atoms with E-state index in [4.69, 9.17) is 0 Å². The van der Waals surface area contributed by atoms with Crippen LogP contribution in [0.5, 0.6) is 0 Å². The molecule has 0 heterocycles. The number of hydrogen-bond donors (Lipinski definition) is 2. The summed E-state index contributed by atoms with van der Waals surface area (Å²) in [6, 6.07) is 0. The van der Waals surface area contributed by atoms with E-state index in [-0.39, 0.29) is 48.2 Å². The third-order valence-electron chi connectivity index (χ3n) is 8.37. The van der Waals surface area contributed by atoms with Gasteiger partial charge in [0.15, 0.2) is 11.6 Å². The maximum absolute atomic E-state index is 13.5. The molecule has 1 amide bonds. The van der Waals surface area contributed by atoms with Crippen molar-refractivity contribution in [1.82, 2.24) is 5.32 Å². The van der Waals surface area contributed by atoms with Gasteiger partial charge in [0, 0.05) is 30.1 Å². The van der Waals surface area contributed by atoms with Crippen molar-refractivity contribution in [3.63, 3.8) is 0 Å². The summed E-state index contributed by atoms with van der Waals surface area (Å²) in [6.07, 6.45) is 7.83. The summed E-state index contributed by atoms with van der Waals surface area (Å²) < 4.78 is 0. The molecule has 0 spiro atoms. The smallest absolute Gasteiger partial charge is 0.217 e. The number of allylic oxidation sites excluding steroid dienone is 4. The quantitative estimate of drug-likeness (QED) is 0.755. The van der Waals surface area contributed by atoms with Crippen LogP contribution in [0.1, 0.15) is 52.9 Å². The molecule has 0 unspecified atom stereocenters. The first-order chi connectivity index (χ1) is 13.5. The SMILES string of the molecule is CC(=O)NCC(=O)[C@@]1(O)CC[C@H]2[C@@H]3CCC4=CC(=O)C=C[C@]4(C)[C@H]3C(=O)C[C@@]21C. The van der Waals surface area contributed by atoms with Gasteiger partial charge in [0.2, 0.25) is 5.91 Å². The summed E-state index contributed by atoms with van der Waals surface area (Å²) in [7, 11) is 0. The van der Waals surface area contributed by atoms with Crippen LogP contribution in [0.2, 0.25) is 0 Å². The lowest BCUT2D eigenvalue weighted by Crippen LogP contribution is -2.61. The van der Waals surface area contributed by atoms with Gasteiger partial charge in [-0.3, -0.25) is 19.2 Å². The van der Waals surface area contributed by atoms with Gasteiger partial charge in [-0.15, -0.1) is 0 Å². The van der Waals surface area contributed by atoms with E-state index in [0.29, 0.717) is 12.8 Å². The predicted molar refractivity (Wildman–Crippen MR) is 106 cm³/mol. The minimum atomic E-state index is -1.60. The molecule has 4 rings (SSSR count). The molecule has 29 heavy (non-hydrogen) atoms. The number of aliphatic hydroxyl groups is 1. The highest BCUT2D eigenvalue weighted by Gasteiger charge is 2.68. The Labute approximate surface area is 170 Å². The van der Waals surface area contributed by atoms with Crippen LogP contribution in [0.4, 0.5) is 0 Å². The van der Waals surface area contributed by atoms with E-state index in [9.17, 15) is 24.3 Å². The molecule has 0 aromatic carbocycles. The fourth-order valence-electron chi connectivity index (χ4n) is 6.84. The second-order valence-corrected chi connectivity index (χ2v) is 9.77. The highest BCUT2D eigenvalue weighted by atomic mass is 16.3. The molecule has 0 saturated heterocycles. The Morgan fingerprint density at radius 2 is 1.97 bits per heavy atom. The van der Waals surface area contributed by atoms with Crippen molar-refractivity contribution in [3.8, 4) is 0 Å². The monoisotopic (exact) mass is 399 g/mol. The molecule has 3 saturated carbocycles. The number of carbonyl (C=O) groups is 4. The van der Waals surface area contributed by atoms with Crippen molar-refractivity contribution in [2.45, 2.75) is 58.5 Å². The van der Waals surface area contributed by atoms with Gasteiger partial charge in [0.05, 0.1) is 6.54 Å². The van der Waals surface area contributed by atoms with Gasteiger partial charge in [-0.05, 0) is 49.7 Å². The zero-order valence-electron chi connectivity index (χ0n) is 17.3. The first kappa shape index (κ1) is 20.2. The fourth-order valence-corrected chi connectivity index (χ4v) is 6.84. The number of ketones is 3. The number of carbonyl (C=O) groups excluding carboxylic acids is 4. The molecule has 0 aromatic heterocycles. The molecule has 6 atom stereocenters. The molecular weight excluding hydrogens is 370 g/mol. The van der Waals surface area contributed by atoms with E-state index in [1.54, 1.807) is 12.2 Å². The molecule has 0 aromatic rings. The van der Waals surface area contributed by atoms with Crippen molar-refractivity contribution in [3.05, 3.63) is 23.8 Å². The van der Waals surface area contributed by atoms with Crippen LogP contribution in [0, 0.1) is 28.6 Å². The molecule has 0 aliphatic heterocycles. The Morgan fingerprint density at radius 3 is 2.66 bits per heavy atom. The van der Waals surface area contributed by atoms with Crippen LogP contribution in [0.15, 0.2) is 23.8 Å². The van der Waals surface area contributed by atoms with E-state index in [1.807, 2.05) is 19.9 Å². The number of fused-ring (bicyclic) bond motifs is 5. The van der Waals surface area contributed by atoms with Crippen LogP contribution in [-0.2, 0) is 19.2 Å². The van der Waals surface area contributed by atoms with E-state index >= 15 is 0 Å². The molecule has 0 bridgehead atoms. The number of amides is 1. The number of Topliss-reactive ketones (excluding diaryl/α,β-unsaturated/α-hetero) is 2. The highest BCUT2D eigenvalue weighted by Crippen LogP contribution is 2.66. The summed E-state index contributed by atoms with van der Waals surface area (Å²) in [5.74, 6) is -0.784. The van der Waals surface area contributed by atoms with Gasteiger partial charge in [-0.1, -0.05) is 25.5 Å². The Kier molecular flexibility index (Phi) is 4.50. The summed E-state index contributed by atoms with van der Waals surface area (Å²) in [5.41, 5.74) is -1.86.